The fourth-order valence-corrected chi connectivity index (χ4v) is 3.30. The molecule has 0 fully saturated rings. The Labute approximate surface area is 135 Å². The third kappa shape index (κ3) is 2.34. The van der Waals surface area contributed by atoms with Crippen molar-refractivity contribution in [3.8, 4) is 11.3 Å². The van der Waals surface area contributed by atoms with Gasteiger partial charge in [-0.05, 0) is 18.8 Å². The van der Waals surface area contributed by atoms with E-state index in [-0.39, 0.29) is 11.2 Å². The van der Waals surface area contributed by atoms with Gasteiger partial charge < -0.3 is 0 Å². The number of carbonyl (C=O) groups excluding carboxylic acids is 1. The summed E-state index contributed by atoms with van der Waals surface area (Å²) in [6.07, 6.45) is 3.12. The van der Waals surface area contributed by atoms with Gasteiger partial charge in [-0.2, -0.15) is 5.10 Å². The summed E-state index contributed by atoms with van der Waals surface area (Å²) in [7, 11) is 0. The van der Waals surface area contributed by atoms with E-state index >= 15 is 0 Å². The van der Waals surface area contributed by atoms with Crippen LogP contribution in [-0.2, 0) is 6.42 Å². The first kappa shape index (κ1) is 14.1. The van der Waals surface area contributed by atoms with E-state index in [2.05, 4.69) is 50.0 Å². The predicted molar refractivity (Wildman–Crippen MR) is 89.6 cm³/mol. The predicted octanol–water partition coefficient (Wildman–Crippen LogP) is 3.86. The summed E-state index contributed by atoms with van der Waals surface area (Å²) < 4.78 is 1.85. The lowest BCUT2D eigenvalue weighted by atomic mass is 9.76. The molecule has 116 valence electrons. The molecule has 0 atom stereocenters. The van der Waals surface area contributed by atoms with Crippen LogP contribution in [0.2, 0.25) is 0 Å². The molecular weight excluding hydrogens is 286 g/mol. The van der Waals surface area contributed by atoms with Crippen LogP contribution in [0.1, 0.15) is 41.9 Å². The number of rotatable bonds is 1. The molecule has 1 aliphatic carbocycles. The van der Waals surface area contributed by atoms with E-state index in [1.165, 1.54) is 5.56 Å². The Morgan fingerprint density at radius 3 is 2.61 bits per heavy atom. The van der Waals surface area contributed by atoms with E-state index in [9.17, 15) is 4.79 Å². The van der Waals surface area contributed by atoms with Crippen LogP contribution < -0.4 is 0 Å². The lowest BCUT2D eigenvalue weighted by molar-refractivity contribution is 0.0908. The number of hydrogen-bond acceptors (Lipinski definition) is 3. The number of nitrogens with zero attached hydrogens (tertiary/aromatic N) is 3. The molecule has 0 saturated carbocycles. The number of hydrogen-bond donors (Lipinski definition) is 0. The van der Waals surface area contributed by atoms with Crippen molar-refractivity contribution in [3.63, 3.8) is 0 Å². The minimum Gasteiger partial charge on any atom is -0.294 e. The fourth-order valence-electron chi connectivity index (χ4n) is 3.30. The first-order valence-corrected chi connectivity index (χ1v) is 7.91. The highest BCUT2D eigenvalue weighted by Crippen LogP contribution is 2.35. The molecule has 4 rings (SSSR count). The summed E-state index contributed by atoms with van der Waals surface area (Å²) in [6.45, 7) is 6.33. The van der Waals surface area contributed by atoms with Crippen molar-refractivity contribution in [1.29, 1.82) is 0 Å². The number of aryl methyl sites for hydroxylation is 1. The maximum Gasteiger partial charge on any atom is 0.166 e. The van der Waals surface area contributed by atoms with Gasteiger partial charge in [0, 0.05) is 24.2 Å². The van der Waals surface area contributed by atoms with Gasteiger partial charge in [0.2, 0.25) is 0 Å². The number of aromatic nitrogens is 3. The average molecular weight is 305 g/mol. The molecule has 4 heteroatoms. The van der Waals surface area contributed by atoms with Crippen molar-refractivity contribution in [2.24, 2.45) is 5.41 Å². The lowest BCUT2D eigenvalue weighted by Crippen LogP contribution is -2.29. The molecule has 0 spiro atoms. The first-order valence-electron chi connectivity index (χ1n) is 7.91. The summed E-state index contributed by atoms with van der Waals surface area (Å²) in [5.41, 5.74) is 5.64. The molecule has 0 aliphatic heterocycles. The zero-order chi connectivity index (χ0) is 16.2. The Hall–Kier alpha value is -2.49. The summed E-state index contributed by atoms with van der Waals surface area (Å²) >= 11 is 0. The Morgan fingerprint density at radius 2 is 1.87 bits per heavy atom. The zero-order valence-electron chi connectivity index (χ0n) is 13.6. The van der Waals surface area contributed by atoms with Crippen LogP contribution in [0.3, 0.4) is 0 Å². The van der Waals surface area contributed by atoms with Gasteiger partial charge in [-0.25, -0.2) is 9.50 Å². The SMILES string of the molecule is Cc1ccc(-c2cc3ncc4c(n3n2)CC(C)(C)CC4=O)cc1. The minimum absolute atomic E-state index is 0.0334. The van der Waals surface area contributed by atoms with Gasteiger partial charge in [-0.1, -0.05) is 43.7 Å². The van der Waals surface area contributed by atoms with Gasteiger partial charge in [-0.15, -0.1) is 0 Å². The first-order chi connectivity index (χ1) is 10.9. The standard InChI is InChI=1S/C19H19N3O/c1-12-4-6-13(7-5-12)15-8-18-20-11-14-16(22(18)21-15)9-19(2,3)10-17(14)23/h4-8,11H,9-10H2,1-3H3. The third-order valence-electron chi connectivity index (χ3n) is 4.52. The highest BCUT2D eigenvalue weighted by atomic mass is 16.1. The molecular formula is C19H19N3O. The van der Waals surface area contributed by atoms with Crippen molar-refractivity contribution in [1.82, 2.24) is 14.6 Å². The average Bonchev–Trinajstić information content (AvgIpc) is 2.91. The van der Waals surface area contributed by atoms with Gasteiger partial charge in [0.25, 0.3) is 0 Å². The topological polar surface area (TPSA) is 47.3 Å². The Bertz CT molecular complexity index is 920. The van der Waals surface area contributed by atoms with Gasteiger partial charge in [0.1, 0.15) is 0 Å². The van der Waals surface area contributed by atoms with Crippen molar-refractivity contribution < 1.29 is 4.79 Å². The second kappa shape index (κ2) is 4.75. The van der Waals surface area contributed by atoms with Gasteiger partial charge in [0.05, 0.1) is 17.0 Å². The Balaban J connectivity index is 1.90. The van der Waals surface area contributed by atoms with Crippen molar-refractivity contribution in [2.45, 2.75) is 33.6 Å². The zero-order valence-corrected chi connectivity index (χ0v) is 13.6. The Kier molecular flexibility index (Phi) is 2.92. The van der Waals surface area contributed by atoms with E-state index < -0.39 is 0 Å². The number of fused-ring (bicyclic) bond motifs is 3. The molecule has 0 bridgehead atoms. The third-order valence-corrected chi connectivity index (χ3v) is 4.52. The molecule has 1 aromatic carbocycles. The molecule has 4 nitrogen and oxygen atoms in total. The number of carbonyl (C=O) groups is 1. The second-order valence-corrected chi connectivity index (χ2v) is 7.23. The van der Waals surface area contributed by atoms with Crippen LogP contribution in [0, 0.1) is 12.3 Å². The minimum atomic E-state index is -0.0334. The molecule has 23 heavy (non-hydrogen) atoms. The summed E-state index contributed by atoms with van der Waals surface area (Å²) in [4.78, 5) is 16.8. The summed E-state index contributed by atoms with van der Waals surface area (Å²) in [5.74, 6) is 0.165. The fraction of sp³-hybridized carbons (Fsp3) is 0.316. The molecule has 0 N–H and O–H groups in total. The maximum absolute atomic E-state index is 12.4. The lowest BCUT2D eigenvalue weighted by Gasteiger charge is -2.29. The number of ketones is 1. The van der Waals surface area contributed by atoms with Crippen LogP contribution in [0.5, 0.6) is 0 Å². The Morgan fingerprint density at radius 1 is 1.13 bits per heavy atom. The summed E-state index contributed by atoms with van der Waals surface area (Å²) in [6, 6.07) is 10.3. The molecule has 2 aromatic heterocycles. The molecule has 2 heterocycles. The largest absolute Gasteiger partial charge is 0.294 e. The van der Waals surface area contributed by atoms with E-state index in [4.69, 9.17) is 5.10 Å². The number of benzene rings is 1. The molecule has 0 amide bonds. The summed E-state index contributed by atoms with van der Waals surface area (Å²) in [5, 5.41) is 4.73. The van der Waals surface area contributed by atoms with Crippen LogP contribution in [0.15, 0.2) is 36.5 Å². The van der Waals surface area contributed by atoms with Crippen molar-refractivity contribution >= 4 is 11.4 Å². The highest BCUT2D eigenvalue weighted by molar-refractivity contribution is 5.98. The van der Waals surface area contributed by atoms with E-state index in [1.54, 1.807) is 6.20 Å². The quantitative estimate of drug-likeness (QED) is 0.686. The normalized spacial score (nSPS) is 16.6. The van der Waals surface area contributed by atoms with E-state index in [0.29, 0.717) is 6.42 Å². The maximum atomic E-state index is 12.4. The van der Waals surface area contributed by atoms with Crippen molar-refractivity contribution in [3.05, 3.63) is 53.3 Å². The smallest absolute Gasteiger partial charge is 0.166 e. The number of Topliss-reactive ketones (excluding diaryl/α,β-unsaturated/α-hetero) is 1. The van der Waals surface area contributed by atoms with Crippen LogP contribution in [-0.4, -0.2) is 20.4 Å². The van der Waals surface area contributed by atoms with E-state index in [1.807, 2.05) is 10.6 Å². The second-order valence-electron chi connectivity index (χ2n) is 7.23. The molecule has 0 unspecified atom stereocenters. The van der Waals surface area contributed by atoms with Gasteiger partial charge >= 0.3 is 0 Å². The molecule has 3 aromatic rings. The van der Waals surface area contributed by atoms with Gasteiger partial charge in [0.15, 0.2) is 11.4 Å². The van der Waals surface area contributed by atoms with Crippen LogP contribution in [0.25, 0.3) is 16.9 Å². The molecule has 0 saturated heterocycles. The molecule has 1 aliphatic rings. The van der Waals surface area contributed by atoms with Crippen LogP contribution >= 0.6 is 0 Å². The van der Waals surface area contributed by atoms with Crippen molar-refractivity contribution in [2.75, 3.05) is 0 Å². The van der Waals surface area contributed by atoms with Gasteiger partial charge in [-0.3, -0.25) is 4.79 Å². The van der Waals surface area contributed by atoms with E-state index in [0.717, 1.165) is 34.6 Å². The van der Waals surface area contributed by atoms with Crippen LogP contribution in [0.4, 0.5) is 0 Å². The monoisotopic (exact) mass is 305 g/mol. The highest BCUT2D eigenvalue weighted by Gasteiger charge is 2.33. The molecule has 0 radical (unpaired) electrons.